The molecule has 0 bridgehead atoms. The maximum Gasteiger partial charge on any atom is 0.0852 e. The molecule has 197 valence electrons. The Kier molecular flexibility index (Phi) is 7.02. The van der Waals surface area contributed by atoms with E-state index in [2.05, 4.69) is 141 Å². The van der Waals surface area contributed by atoms with Crippen molar-refractivity contribution in [1.29, 1.82) is 0 Å². The van der Waals surface area contributed by atoms with Crippen molar-refractivity contribution in [3.05, 3.63) is 132 Å². The number of fused-ring (bicyclic) bond motifs is 3. The van der Waals surface area contributed by atoms with Crippen LogP contribution in [0.5, 0.6) is 0 Å². The third-order valence-electron chi connectivity index (χ3n) is 7.38. The molecule has 2 aromatic heterocycles. The number of hydrogen-bond acceptors (Lipinski definition) is 2. The maximum absolute atomic E-state index is 5.41. The van der Waals surface area contributed by atoms with E-state index < -0.39 is 0 Å². The summed E-state index contributed by atoms with van der Waals surface area (Å²) in [6.07, 6.45) is 0. The molecule has 0 atom stereocenters. The first-order valence-electron chi connectivity index (χ1n) is 13.2. The molecule has 0 amide bonds. The van der Waals surface area contributed by atoms with E-state index in [9.17, 15) is 0 Å². The number of aryl methyl sites for hydroxylation is 3. The largest absolute Gasteiger partial charge is 0.332 e. The summed E-state index contributed by atoms with van der Waals surface area (Å²) < 4.78 is 4.91. The summed E-state index contributed by atoms with van der Waals surface area (Å²) in [5, 5.41) is 2.53. The minimum absolute atomic E-state index is 0. The zero-order valence-electron chi connectivity index (χ0n) is 22.5. The Bertz CT molecular complexity index is 1960. The van der Waals surface area contributed by atoms with Crippen molar-refractivity contribution in [2.24, 2.45) is 0 Å². The van der Waals surface area contributed by atoms with Crippen LogP contribution < -0.4 is 0 Å². The Labute approximate surface area is 252 Å². The van der Waals surface area contributed by atoms with Crippen LogP contribution in [-0.2, 0) is 20.1 Å². The SMILES string of the molecule is Cc1cc(C)c(-n2c(-c3[c-]cc4sc5ccccc5c4c3)nc(-c3ccccc3)c2-c2ccccc2)c(C)c1.[Ir]. The number of hydrogen-bond donors (Lipinski definition) is 0. The number of rotatable bonds is 4. The molecular weight excluding hydrogens is 685 g/mol. The van der Waals surface area contributed by atoms with Gasteiger partial charge in [0.25, 0.3) is 0 Å². The van der Waals surface area contributed by atoms with E-state index >= 15 is 0 Å². The Morgan fingerprint density at radius 3 is 2.00 bits per heavy atom. The van der Waals surface area contributed by atoms with Gasteiger partial charge in [0.2, 0.25) is 0 Å². The normalized spacial score (nSPS) is 11.2. The van der Waals surface area contributed by atoms with Gasteiger partial charge < -0.3 is 4.57 Å². The molecule has 0 spiro atoms. The second kappa shape index (κ2) is 10.6. The monoisotopic (exact) mass is 712 g/mol. The van der Waals surface area contributed by atoms with Gasteiger partial charge in [-0.3, -0.25) is 4.98 Å². The third-order valence-corrected chi connectivity index (χ3v) is 8.52. The Balaban J connectivity index is 0.00000289. The van der Waals surface area contributed by atoms with Crippen LogP contribution in [0.25, 0.3) is 59.8 Å². The van der Waals surface area contributed by atoms with E-state index in [4.69, 9.17) is 4.98 Å². The van der Waals surface area contributed by atoms with E-state index in [-0.39, 0.29) is 20.1 Å². The molecule has 2 nitrogen and oxygen atoms in total. The molecule has 7 aromatic rings. The molecule has 0 aliphatic heterocycles. The van der Waals surface area contributed by atoms with E-state index in [1.54, 1.807) is 0 Å². The van der Waals surface area contributed by atoms with E-state index in [1.807, 2.05) is 11.3 Å². The summed E-state index contributed by atoms with van der Waals surface area (Å²) >= 11 is 1.82. The standard InChI is InChI=1S/C36H27N2S.Ir/c1-23-20-24(2)34(25(3)21-23)38-35(27-14-8-5-9-15-27)33(26-12-6-4-7-13-26)37-36(38)28-18-19-32-30(22-28)29-16-10-11-17-31(29)39-32;/h4-17,19-22H,1-3H3;/q-1;. The summed E-state index contributed by atoms with van der Waals surface area (Å²) in [5.41, 5.74) is 10.2. The fraction of sp³-hybridized carbons (Fsp3) is 0.0833. The molecule has 1 radical (unpaired) electrons. The molecular formula is C36H27IrN2S-. The fourth-order valence-electron chi connectivity index (χ4n) is 5.80. The predicted octanol–water partition coefficient (Wildman–Crippen LogP) is 9.96. The second-order valence-electron chi connectivity index (χ2n) is 10.2. The van der Waals surface area contributed by atoms with Crippen LogP contribution in [0, 0.1) is 26.8 Å². The van der Waals surface area contributed by atoms with Gasteiger partial charge in [-0.25, -0.2) is 0 Å². The zero-order chi connectivity index (χ0) is 26.5. The van der Waals surface area contributed by atoms with Crippen LogP contribution >= 0.6 is 11.3 Å². The smallest absolute Gasteiger partial charge is 0.0852 e. The molecule has 0 fully saturated rings. The summed E-state index contributed by atoms with van der Waals surface area (Å²) in [5.74, 6) is 0.903. The van der Waals surface area contributed by atoms with Gasteiger partial charge in [0.15, 0.2) is 0 Å². The van der Waals surface area contributed by atoms with Crippen LogP contribution in [0.15, 0.2) is 109 Å². The molecule has 0 unspecified atom stereocenters. The van der Waals surface area contributed by atoms with Gasteiger partial charge in [-0.2, -0.15) is 11.3 Å². The Hall–Kier alpha value is -3.82. The van der Waals surface area contributed by atoms with Crippen molar-refractivity contribution < 1.29 is 20.1 Å². The van der Waals surface area contributed by atoms with Gasteiger partial charge in [-0.05, 0) is 53.6 Å². The van der Waals surface area contributed by atoms with Crippen molar-refractivity contribution in [2.45, 2.75) is 20.8 Å². The molecule has 0 aliphatic carbocycles. The minimum atomic E-state index is 0. The first-order valence-corrected chi connectivity index (χ1v) is 14.1. The minimum Gasteiger partial charge on any atom is -0.332 e. The molecule has 5 aromatic carbocycles. The molecule has 2 heterocycles. The van der Waals surface area contributed by atoms with Crippen LogP contribution in [0.1, 0.15) is 16.7 Å². The average Bonchev–Trinajstić information content (AvgIpc) is 3.52. The van der Waals surface area contributed by atoms with Crippen LogP contribution in [0.4, 0.5) is 0 Å². The molecule has 0 aliphatic rings. The van der Waals surface area contributed by atoms with Crippen LogP contribution in [0.2, 0.25) is 0 Å². The van der Waals surface area contributed by atoms with Gasteiger partial charge in [0, 0.05) is 36.1 Å². The maximum atomic E-state index is 5.41. The summed E-state index contributed by atoms with van der Waals surface area (Å²) in [6, 6.07) is 42.4. The van der Waals surface area contributed by atoms with Gasteiger partial charge in [0.1, 0.15) is 0 Å². The number of aromatic nitrogens is 2. The number of benzene rings is 5. The van der Waals surface area contributed by atoms with Gasteiger partial charge in [-0.15, -0.1) is 23.8 Å². The number of imidazole rings is 1. The molecule has 7 rings (SSSR count). The average molecular weight is 712 g/mol. The van der Waals surface area contributed by atoms with Crippen molar-refractivity contribution in [2.75, 3.05) is 0 Å². The van der Waals surface area contributed by atoms with Crippen molar-refractivity contribution in [3.8, 4) is 39.6 Å². The predicted molar refractivity (Wildman–Crippen MR) is 166 cm³/mol. The first kappa shape index (κ1) is 26.4. The van der Waals surface area contributed by atoms with E-state index in [0.29, 0.717) is 0 Å². The summed E-state index contributed by atoms with van der Waals surface area (Å²) in [4.78, 5) is 5.41. The quantitative estimate of drug-likeness (QED) is 0.166. The summed E-state index contributed by atoms with van der Waals surface area (Å²) in [7, 11) is 0. The summed E-state index contributed by atoms with van der Waals surface area (Å²) in [6.45, 7) is 6.57. The third kappa shape index (κ3) is 4.43. The van der Waals surface area contributed by atoms with Gasteiger partial charge >= 0.3 is 0 Å². The molecule has 0 saturated carbocycles. The van der Waals surface area contributed by atoms with Crippen molar-refractivity contribution in [1.82, 2.24) is 9.55 Å². The first-order chi connectivity index (χ1) is 19.1. The van der Waals surface area contributed by atoms with Crippen LogP contribution in [-0.4, -0.2) is 9.55 Å². The van der Waals surface area contributed by atoms with E-state index in [1.165, 1.54) is 42.6 Å². The molecule has 0 N–H and O–H groups in total. The molecule has 40 heavy (non-hydrogen) atoms. The Morgan fingerprint density at radius 2 is 1.30 bits per heavy atom. The topological polar surface area (TPSA) is 17.8 Å². The van der Waals surface area contributed by atoms with Crippen LogP contribution in [0.3, 0.4) is 0 Å². The number of thiophene rings is 1. The van der Waals surface area contributed by atoms with Crippen molar-refractivity contribution in [3.63, 3.8) is 0 Å². The Morgan fingerprint density at radius 1 is 0.675 bits per heavy atom. The second-order valence-corrected chi connectivity index (χ2v) is 11.3. The van der Waals surface area contributed by atoms with Gasteiger partial charge in [-0.1, -0.05) is 102 Å². The van der Waals surface area contributed by atoms with Crippen molar-refractivity contribution >= 4 is 31.5 Å². The number of nitrogens with zero attached hydrogens (tertiary/aromatic N) is 2. The van der Waals surface area contributed by atoms with Gasteiger partial charge in [0.05, 0.1) is 17.2 Å². The molecule has 4 heteroatoms. The molecule has 0 saturated heterocycles. The fourth-order valence-corrected chi connectivity index (χ4v) is 6.87. The van der Waals surface area contributed by atoms with E-state index in [0.717, 1.165) is 33.9 Å². The zero-order valence-corrected chi connectivity index (χ0v) is 25.7.